The zero-order valence-corrected chi connectivity index (χ0v) is 20.9. The molecule has 0 saturated carbocycles. The first-order valence-electron chi connectivity index (χ1n) is 10.2. The molecular weight excluding hydrogens is 561 g/mol. The van der Waals surface area contributed by atoms with Crippen LogP contribution in [-0.2, 0) is 22.7 Å². The standard InChI is InChI=1S/C23H15Cl2F4N3O4S/c1-37(35,36)31-22(34)20-18(14-3-2-6-30-21(14)33)15-9-13(24)4-5-17(15)32(20)10-11-7-12(23(27,28)29)8-16(25)19(11)26/h2-9H,10H2,1H3,(H,30,33)(H,31,34). The van der Waals surface area contributed by atoms with Crippen molar-refractivity contribution in [2.75, 3.05) is 6.26 Å². The Hall–Kier alpha value is -3.35. The van der Waals surface area contributed by atoms with Gasteiger partial charge in [0.25, 0.3) is 11.5 Å². The molecule has 4 rings (SSSR count). The summed E-state index contributed by atoms with van der Waals surface area (Å²) in [5, 5.41) is -0.422. The molecule has 0 radical (unpaired) electrons. The van der Waals surface area contributed by atoms with Gasteiger partial charge in [-0.25, -0.2) is 17.5 Å². The average Bonchev–Trinajstić information content (AvgIpc) is 3.08. The van der Waals surface area contributed by atoms with Crippen molar-refractivity contribution in [2.24, 2.45) is 0 Å². The van der Waals surface area contributed by atoms with Crippen LogP contribution in [0, 0.1) is 5.82 Å². The Morgan fingerprint density at radius 2 is 1.84 bits per heavy atom. The predicted octanol–water partition coefficient (Wildman–Crippen LogP) is 5.20. The normalized spacial score (nSPS) is 12.2. The van der Waals surface area contributed by atoms with Crippen molar-refractivity contribution in [3.63, 3.8) is 0 Å². The van der Waals surface area contributed by atoms with E-state index in [1.807, 2.05) is 0 Å². The Morgan fingerprint density at radius 1 is 1.14 bits per heavy atom. The third kappa shape index (κ3) is 5.36. The number of H-pyrrole nitrogens is 1. The molecule has 37 heavy (non-hydrogen) atoms. The molecule has 1 amide bonds. The molecule has 14 heteroatoms. The smallest absolute Gasteiger partial charge is 0.331 e. The molecule has 0 saturated heterocycles. The lowest BCUT2D eigenvalue weighted by Crippen LogP contribution is -2.32. The summed E-state index contributed by atoms with van der Waals surface area (Å²) in [6, 6.07) is 7.99. The molecule has 0 unspecified atom stereocenters. The van der Waals surface area contributed by atoms with Crippen LogP contribution < -0.4 is 10.3 Å². The number of fused-ring (bicyclic) bond motifs is 1. The Balaban J connectivity index is 2.10. The quantitative estimate of drug-likeness (QED) is 0.319. The molecule has 0 aliphatic carbocycles. The van der Waals surface area contributed by atoms with E-state index in [2.05, 4.69) is 4.98 Å². The topological polar surface area (TPSA) is 101 Å². The number of pyridine rings is 1. The molecule has 0 bridgehead atoms. The van der Waals surface area contributed by atoms with E-state index < -0.39 is 61.9 Å². The first-order chi connectivity index (χ1) is 17.2. The van der Waals surface area contributed by atoms with Gasteiger partial charge in [0.15, 0.2) is 0 Å². The maximum atomic E-state index is 14.9. The van der Waals surface area contributed by atoms with Gasteiger partial charge in [0.05, 0.1) is 23.4 Å². The van der Waals surface area contributed by atoms with E-state index in [0.29, 0.717) is 12.1 Å². The molecule has 0 fully saturated rings. The zero-order valence-electron chi connectivity index (χ0n) is 18.6. The Morgan fingerprint density at radius 3 is 2.46 bits per heavy atom. The number of sulfonamides is 1. The van der Waals surface area contributed by atoms with E-state index in [0.717, 1.165) is 10.8 Å². The molecule has 0 spiro atoms. The maximum Gasteiger partial charge on any atom is 0.416 e. The SMILES string of the molecule is CS(=O)(=O)NC(=O)c1c(-c2ccc[nH]c2=O)c2cc(Cl)ccc2n1Cc1cc(C(F)(F)F)cc(Cl)c1F. The summed E-state index contributed by atoms with van der Waals surface area (Å²) >= 11 is 11.9. The number of carbonyl (C=O) groups is 1. The molecule has 194 valence electrons. The lowest BCUT2D eigenvalue weighted by molar-refractivity contribution is -0.137. The molecule has 2 heterocycles. The Labute approximate surface area is 216 Å². The fraction of sp³-hybridized carbons (Fsp3) is 0.130. The number of rotatable bonds is 5. The monoisotopic (exact) mass is 575 g/mol. The number of hydrogen-bond donors (Lipinski definition) is 2. The van der Waals surface area contributed by atoms with Crippen molar-refractivity contribution in [3.05, 3.63) is 91.7 Å². The van der Waals surface area contributed by atoms with Gasteiger partial charge in [-0.1, -0.05) is 23.2 Å². The summed E-state index contributed by atoms with van der Waals surface area (Å²) < 4.78 is 81.8. The molecule has 7 nitrogen and oxygen atoms in total. The average molecular weight is 576 g/mol. The maximum absolute atomic E-state index is 14.9. The minimum atomic E-state index is -4.85. The summed E-state index contributed by atoms with van der Waals surface area (Å²) in [6.45, 7) is -0.676. The summed E-state index contributed by atoms with van der Waals surface area (Å²) in [4.78, 5) is 28.4. The second-order valence-electron chi connectivity index (χ2n) is 8.02. The fourth-order valence-corrected chi connectivity index (χ4v) is 4.77. The van der Waals surface area contributed by atoms with Crippen LogP contribution >= 0.6 is 23.2 Å². The van der Waals surface area contributed by atoms with Crippen LogP contribution in [0.2, 0.25) is 10.0 Å². The van der Waals surface area contributed by atoms with E-state index in [-0.39, 0.29) is 27.1 Å². The van der Waals surface area contributed by atoms with Crippen molar-refractivity contribution in [2.45, 2.75) is 12.7 Å². The molecular formula is C23H15Cl2F4N3O4S. The minimum Gasteiger partial charge on any atom is -0.331 e. The van der Waals surface area contributed by atoms with Gasteiger partial charge in [-0.05, 0) is 42.5 Å². The number of aromatic nitrogens is 2. The van der Waals surface area contributed by atoms with Gasteiger partial charge in [-0.15, -0.1) is 0 Å². The highest BCUT2D eigenvalue weighted by molar-refractivity contribution is 7.89. The Kier molecular flexibility index (Phi) is 6.86. The molecule has 0 aliphatic rings. The summed E-state index contributed by atoms with van der Waals surface area (Å²) in [5.74, 6) is -2.37. The summed E-state index contributed by atoms with van der Waals surface area (Å²) in [6.07, 6.45) is -2.80. The third-order valence-electron chi connectivity index (χ3n) is 5.37. The lowest BCUT2D eigenvalue weighted by Gasteiger charge is -2.15. The van der Waals surface area contributed by atoms with Gasteiger partial charge in [-0.2, -0.15) is 13.2 Å². The first-order valence-corrected chi connectivity index (χ1v) is 12.9. The Bertz CT molecular complexity index is 1730. The molecule has 4 aromatic rings. The number of carbonyl (C=O) groups excluding carboxylic acids is 1. The van der Waals surface area contributed by atoms with Crippen molar-refractivity contribution < 1.29 is 30.8 Å². The number of hydrogen-bond acceptors (Lipinski definition) is 4. The largest absolute Gasteiger partial charge is 0.416 e. The van der Waals surface area contributed by atoms with Crippen LogP contribution in [0.1, 0.15) is 21.6 Å². The number of halogens is 6. The number of amides is 1. The van der Waals surface area contributed by atoms with Crippen LogP contribution in [0.15, 0.2) is 53.5 Å². The highest BCUT2D eigenvalue weighted by Crippen LogP contribution is 2.38. The fourth-order valence-electron chi connectivity index (χ4n) is 3.93. The highest BCUT2D eigenvalue weighted by Gasteiger charge is 2.33. The van der Waals surface area contributed by atoms with Crippen LogP contribution in [0.25, 0.3) is 22.0 Å². The van der Waals surface area contributed by atoms with Gasteiger partial charge >= 0.3 is 6.18 Å². The number of nitrogens with one attached hydrogen (secondary N) is 2. The van der Waals surface area contributed by atoms with Crippen LogP contribution in [0.3, 0.4) is 0 Å². The van der Waals surface area contributed by atoms with Crippen molar-refractivity contribution in [3.8, 4) is 11.1 Å². The molecule has 0 atom stereocenters. The summed E-state index contributed by atoms with van der Waals surface area (Å²) in [7, 11) is -4.13. The van der Waals surface area contributed by atoms with Crippen molar-refractivity contribution >= 4 is 50.0 Å². The lowest BCUT2D eigenvalue weighted by atomic mass is 10.0. The van der Waals surface area contributed by atoms with Gasteiger partial charge in [-0.3, -0.25) is 9.59 Å². The third-order valence-corrected chi connectivity index (χ3v) is 6.43. The van der Waals surface area contributed by atoms with E-state index in [1.165, 1.54) is 36.5 Å². The van der Waals surface area contributed by atoms with Crippen molar-refractivity contribution in [1.29, 1.82) is 0 Å². The number of nitrogens with zero attached hydrogens (tertiary/aromatic N) is 1. The number of aromatic amines is 1. The highest BCUT2D eigenvalue weighted by atomic mass is 35.5. The van der Waals surface area contributed by atoms with Gasteiger partial charge in [0.2, 0.25) is 10.0 Å². The van der Waals surface area contributed by atoms with Gasteiger partial charge < -0.3 is 9.55 Å². The second-order valence-corrected chi connectivity index (χ2v) is 10.6. The second kappa shape index (κ2) is 9.51. The van der Waals surface area contributed by atoms with E-state index >= 15 is 0 Å². The van der Waals surface area contributed by atoms with Crippen LogP contribution in [-0.4, -0.2) is 30.1 Å². The molecule has 2 aromatic carbocycles. The van der Waals surface area contributed by atoms with Gasteiger partial charge in [0.1, 0.15) is 11.5 Å². The predicted molar refractivity (Wildman–Crippen MR) is 131 cm³/mol. The van der Waals surface area contributed by atoms with E-state index in [1.54, 1.807) is 4.72 Å². The number of benzene rings is 2. The number of alkyl halides is 3. The zero-order chi connectivity index (χ0) is 27.3. The molecule has 2 N–H and O–H groups in total. The summed E-state index contributed by atoms with van der Waals surface area (Å²) in [5.41, 5.74) is -2.79. The van der Waals surface area contributed by atoms with Crippen LogP contribution in [0.4, 0.5) is 17.6 Å². The van der Waals surface area contributed by atoms with E-state index in [9.17, 15) is 35.6 Å². The minimum absolute atomic E-state index is 0.0565. The van der Waals surface area contributed by atoms with Crippen LogP contribution in [0.5, 0.6) is 0 Å². The molecule has 2 aromatic heterocycles. The van der Waals surface area contributed by atoms with Crippen molar-refractivity contribution in [1.82, 2.24) is 14.3 Å². The molecule has 0 aliphatic heterocycles. The van der Waals surface area contributed by atoms with E-state index in [4.69, 9.17) is 23.2 Å². The first kappa shape index (κ1) is 26.7. The van der Waals surface area contributed by atoms with Gasteiger partial charge in [0, 0.05) is 38.8 Å².